The first kappa shape index (κ1) is 17.1. The number of hydrogen-bond acceptors (Lipinski definition) is 3. The monoisotopic (exact) mass is 351 g/mol. The first-order valence-electron chi connectivity index (χ1n) is 6.12. The van der Waals surface area contributed by atoms with Crippen LogP contribution in [0, 0.1) is 19.7 Å². The van der Waals surface area contributed by atoms with Crippen molar-refractivity contribution in [3.8, 4) is 11.6 Å². The van der Waals surface area contributed by atoms with Gasteiger partial charge in [0.2, 0.25) is 5.88 Å². The molecule has 124 valence electrons. The molecule has 2 rings (SSSR count). The van der Waals surface area contributed by atoms with Crippen LogP contribution in [0.4, 0.5) is 22.4 Å². The lowest BCUT2D eigenvalue weighted by Gasteiger charge is -2.11. The summed E-state index contributed by atoms with van der Waals surface area (Å²) < 4.78 is 57.6. The highest BCUT2D eigenvalue weighted by atomic mass is 35.5. The summed E-state index contributed by atoms with van der Waals surface area (Å²) in [5, 5.41) is 3.15. The fourth-order valence-corrected chi connectivity index (χ4v) is 2.03. The Kier molecular flexibility index (Phi) is 4.25. The lowest BCUT2D eigenvalue weighted by molar-refractivity contribution is -0.137. The predicted octanol–water partition coefficient (Wildman–Crippen LogP) is 4.03. The van der Waals surface area contributed by atoms with Crippen molar-refractivity contribution in [1.29, 1.82) is 0 Å². The Hall–Kier alpha value is -2.29. The highest BCUT2D eigenvalue weighted by Crippen LogP contribution is 2.39. The number of aromatic nitrogens is 2. The van der Waals surface area contributed by atoms with Crippen molar-refractivity contribution in [2.75, 3.05) is 0 Å². The number of nitrogens with two attached hydrogens (primary N) is 1. The van der Waals surface area contributed by atoms with Crippen LogP contribution in [0.3, 0.4) is 0 Å². The highest BCUT2D eigenvalue weighted by Gasteiger charge is 2.33. The van der Waals surface area contributed by atoms with E-state index in [4.69, 9.17) is 22.1 Å². The third-order valence-electron chi connectivity index (χ3n) is 3.11. The molecule has 1 amide bonds. The van der Waals surface area contributed by atoms with Gasteiger partial charge in [0.25, 0.3) is 0 Å². The standard InChI is InChI=1S/C13H10ClF4N3O2/c1-5-6(2)21(12(19)22)20-11(5)23-10-8(14)3-7(4-9(10)15)13(16,17)18/h3-4H,1-2H3,(H2,19,22). The number of hydrogen-bond donors (Lipinski definition) is 1. The molecule has 0 atom stereocenters. The molecule has 0 aliphatic heterocycles. The van der Waals surface area contributed by atoms with E-state index >= 15 is 0 Å². The molecule has 1 aromatic carbocycles. The maximum absolute atomic E-state index is 13.9. The molecule has 0 aliphatic carbocycles. The van der Waals surface area contributed by atoms with Gasteiger partial charge in [-0.15, -0.1) is 5.10 Å². The Morgan fingerprint density at radius 3 is 2.39 bits per heavy atom. The molecule has 0 saturated heterocycles. The summed E-state index contributed by atoms with van der Waals surface area (Å²) in [4.78, 5) is 11.2. The minimum atomic E-state index is -4.75. The molecule has 5 nitrogen and oxygen atoms in total. The van der Waals surface area contributed by atoms with Crippen molar-refractivity contribution >= 4 is 17.6 Å². The van der Waals surface area contributed by atoms with E-state index in [0.717, 1.165) is 4.68 Å². The van der Waals surface area contributed by atoms with Crippen molar-refractivity contribution in [3.63, 3.8) is 0 Å². The summed E-state index contributed by atoms with van der Waals surface area (Å²) in [7, 11) is 0. The lowest BCUT2D eigenvalue weighted by atomic mass is 10.2. The summed E-state index contributed by atoms with van der Waals surface area (Å²) in [6.45, 7) is 3.04. The SMILES string of the molecule is Cc1c(Oc2c(F)cc(C(F)(F)F)cc2Cl)nn(C(N)=O)c1C. The summed E-state index contributed by atoms with van der Waals surface area (Å²) >= 11 is 5.66. The van der Waals surface area contributed by atoms with E-state index in [1.807, 2.05) is 0 Å². The second-order valence-corrected chi connectivity index (χ2v) is 5.04. The third kappa shape index (κ3) is 3.24. The molecule has 1 heterocycles. The van der Waals surface area contributed by atoms with Crippen molar-refractivity contribution < 1.29 is 27.1 Å². The van der Waals surface area contributed by atoms with Gasteiger partial charge in [0.15, 0.2) is 11.6 Å². The Labute approximate surface area is 132 Å². The molecular formula is C13H10ClF4N3O2. The van der Waals surface area contributed by atoms with Gasteiger partial charge in [0.1, 0.15) is 0 Å². The zero-order valence-electron chi connectivity index (χ0n) is 11.8. The molecule has 1 aromatic heterocycles. The quantitative estimate of drug-likeness (QED) is 0.830. The van der Waals surface area contributed by atoms with Crippen molar-refractivity contribution in [3.05, 3.63) is 39.8 Å². The maximum atomic E-state index is 13.9. The average Bonchev–Trinajstić information content (AvgIpc) is 2.69. The average molecular weight is 352 g/mol. The van der Waals surface area contributed by atoms with Crippen molar-refractivity contribution in [2.45, 2.75) is 20.0 Å². The number of benzene rings is 1. The summed E-state index contributed by atoms with van der Waals surface area (Å²) in [5.41, 5.74) is 4.56. The minimum Gasteiger partial charge on any atom is -0.433 e. The molecule has 10 heteroatoms. The van der Waals surface area contributed by atoms with E-state index in [1.165, 1.54) is 13.8 Å². The molecule has 0 aliphatic rings. The van der Waals surface area contributed by atoms with Crippen LogP contribution in [0.2, 0.25) is 5.02 Å². The first-order chi connectivity index (χ1) is 10.5. The largest absolute Gasteiger partial charge is 0.433 e. The van der Waals surface area contributed by atoms with Gasteiger partial charge in [-0.25, -0.2) is 9.18 Å². The van der Waals surface area contributed by atoms with E-state index < -0.39 is 34.4 Å². The van der Waals surface area contributed by atoms with E-state index in [-0.39, 0.29) is 11.9 Å². The number of rotatable bonds is 2. The topological polar surface area (TPSA) is 70.1 Å². The summed E-state index contributed by atoms with van der Waals surface area (Å²) in [5.74, 6) is -2.13. The normalized spacial score (nSPS) is 11.6. The molecule has 2 N–H and O–H groups in total. The Morgan fingerprint density at radius 2 is 1.96 bits per heavy atom. The molecular weight excluding hydrogens is 342 g/mol. The molecule has 0 bridgehead atoms. The van der Waals surface area contributed by atoms with Gasteiger partial charge in [0.05, 0.1) is 16.3 Å². The first-order valence-corrected chi connectivity index (χ1v) is 6.50. The van der Waals surface area contributed by atoms with E-state index in [1.54, 1.807) is 0 Å². The smallest absolute Gasteiger partial charge is 0.416 e. The van der Waals surface area contributed by atoms with Gasteiger partial charge in [-0.1, -0.05) is 11.6 Å². The molecule has 0 saturated carbocycles. The summed E-state index contributed by atoms with van der Waals surface area (Å²) in [6.07, 6.45) is -4.75. The van der Waals surface area contributed by atoms with Gasteiger partial charge in [-0.2, -0.15) is 17.9 Å². The van der Waals surface area contributed by atoms with Crippen LogP contribution in [0.15, 0.2) is 12.1 Å². The molecule has 23 heavy (non-hydrogen) atoms. The van der Waals surface area contributed by atoms with E-state index in [9.17, 15) is 22.4 Å². The fourth-order valence-electron chi connectivity index (χ4n) is 1.78. The van der Waals surface area contributed by atoms with Gasteiger partial charge < -0.3 is 10.5 Å². The summed E-state index contributed by atoms with van der Waals surface area (Å²) in [6, 6.07) is -0.0960. The van der Waals surface area contributed by atoms with Gasteiger partial charge in [-0.05, 0) is 26.0 Å². The van der Waals surface area contributed by atoms with Gasteiger partial charge >= 0.3 is 12.2 Å². The number of nitrogens with zero attached hydrogens (tertiary/aromatic N) is 2. The third-order valence-corrected chi connectivity index (χ3v) is 3.39. The number of amides is 1. The Morgan fingerprint density at radius 1 is 1.35 bits per heavy atom. The maximum Gasteiger partial charge on any atom is 0.416 e. The number of halogens is 5. The number of ether oxygens (including phenoxy) is 1. The molecule has 2 aromatic rings. The van der Waals surface area contributed by atoms with Crippen LogP contribution < -0.4 is 10.5 Å². The molecule has 0 radical (unpaired) electrons. The van der Waals surface area contributed by atoms with Crippen molar-refractivity contribution in [2.24, 2.45) is 5.73 Å². The second-order valence-electron chi connectivity index (χ2n) is 4.63. The van der Waals surface area contributed by atoms with E-state index in [0.29, 0.717) is 17.3 Å². The number of alkyl halides is 3. The number of carbonyl (C=O) groups excluding carboxylic acids is 1. The van der Waals surface area contributed by atoms with E-state index in [2.05, 4.69) is 5.10 Å². The van der Waals surface area contributed by atoms with Crippen LogP contribution in [-0.2, 0) is 6.18 Å². The Balaban J connectivity index is 2.46. The van der Waals surface area contributed by atoms with Crippen LogP contribution >= 0.6 is 11.6 Å². The lowest BCUT2D eigenvalue weighted by Crippen LogP contribution is -2.22. The molecule has 0 unspecified atom stereocenters. The minimum absolute atomic E-state index is 0.193. The van der Waals surface area contributed by atoms with Crippen LogP contribution in [0.5, 0.6) is 11.6 Å². The van der Waals surface area contributed by atoms with Crippen LogP contribution in [0.1, 0.15) is 16.8 Å². The molecule has 0 fully saturated rings. The second kappa shape index (κ2) is 5.73. The van der Waals surface area contributed by atoms with Gasteiger partial charge in [0, 0.05) is 5.56 Å². The predicted molar refractivity (Wildman–Crippen MR) is 73.2 cm³/mol. The van der Waals surface area contributed by atoms with Crippen molar-refractivity contribution in [1.82, 2.24) is 9.78 Å². The fraction of sp³-hybridized carbons (Fsp3) is 0.231. The van der Waals surface area contributed by atoms with Crippen LogP contribution in [-0.4, -0.2) is 15.8 Å². The number of carbonyl (C=O) groups is 1. The highest BCUT2D eigenvalue weighted by molar-refractivity contribution is 6.32. The molecule has 0 spiro atoms. The van der Waals surface area contributed by atoms with Gasteiger partial charge in [-0.3, -0.25) is 0 Å². The zero-order valence-corrected chi connectivity index (χ0v) is 12.6. The Bertz CT molecular complexity index is 763. The van der Waals surface area contributed by atoms with Crippen LogP contribution in [0.25, 0.3) is 0 Å². The zero-order chi connectivity index (χ0) is 17.5. The number of primary amides is 1.